The number of sulfonamides is 1. The Morgan fingerprint density at radius 3 is 2.12 bits per heavy atom. The zero-order chi connectivity index (χ0) is 28.7. The van der Waals surface area contributed by atoms with Crippen LogP contribution in [0.1, 0.15) is 54.6 Å². The smallest absolute Gasteiger partial charge is 0.269 e. The Morgan fingerprint density at radius 2 is 1.50 bits per heavy atom. The summed E-state index contributed by atoms with van der Waals surface area (Å²) in [6.07, 6.45) is 1.19. The molecule has 0 aromatic heterocycles. The van der Waals surface area contributed by atoms with Crippen LogP contribution < -0.4 is 5.32 Å². The number of carbonyl (C=O) groups excluding carboxylic acids is 3. The van der Waals surface area contributed by atoms with E-state index in [2.05, 4.69) is 5.32 Å². The number of hydrogen-bond acceptors (Lipinski definition) is 5. The highest BCUT2D eigenvalue weighted by Crippen LogP contribution is 2.30. The van der Waals surface area contributed by atoms with Gasteiger partial charge in [-0.2, -0.15) is 0 Å². The largest absolute Gasteiger partial charge is 0.352 e. The minimum absolute atomic E-state index is 0.0123. The molecule has 0 saturated carbocycles. The Morgan fingerprint density at radius 1 is 0.900 bits per heavy atom. The van der Waals surface area contributed by atoms with E-state index in [9.17, 15) is 22.8 Å². The van der Waals surface area contributed by atoms with Gasteiger partial charge in [-0.15, -0.1) is 0 Å². The van der Waals surface area contributed by atoms with Crippen molar-refractivity contribution in [1.29, 1.82) is 0 Å². The van der Waals surface area contributed by atoms with E-state index in [1.807, 2.05) is 74.5 Å². The van der Waals surface area contributed by atoms with Crippen LogP contribution >= 0.6 is 0 Å². The Kier molecular flexibility index (Phi) is 9.37. The molecule has 0 spiro atoms. The summed E-state index contributed by atoms with van der Waals surface area (Å²) in [5, 5.41) is 3.03. The molecule has 9 heteroatoms. The molecule has 0 aliphatic carbocycles. The molecule has 3 amide bonds. The van der Waals surface area contributed by atoms with Crippen molar-refractivity contribution >= 4 is 27.7 Å². The van der Waals surface area contributed by atoms with E-state index in [4.69, 9.17) is 0 Å². The first-order valence-electron chi connectivity index (χ1n) is 13.6. The molecule has 4 rings (SSSR count). The summed E-state index contributed by atoms with van der Waals surface area (Å²) in [7, 11) is -3.95. The second kappa shape index (κ2) is 12.9. The van der Waals surface area contributed by atoms with Crippen molar-refractivity contribution in [3.05, 3.63) is 102 Å². The predicted octanol–water partition coefficient (Wildman–Crippen LogP) is 4.17. The third-order valence-corrected chi connectivity index (χ3v) is 8.97. The molecule has 3 aromatic rings. The second-order valence-corrected chi connectivity index (χ2v) is 11.8. The van der Waals surface area contributed by atoms with E-state index in [0.29, 0.717) is 6.42 Å². The van der Waals surface area contributed by atoms with Gasteiger partial charge in [-0.05, 0) is 43.0 Å². The summed E-state index contributed by atoms with van der Waals surface area (Å²) in [5.74, 6) is -1.11. The fourth-order valence-corrected chi connectivity index (χ4v) is 6.35. The first kappa shape index (κ1) is 29.0. The van der Waals surface area contributed by atoms with Gasteiger partial charge in [0, 0.05) is 32.0 Å². The molecule has 0 fully saturated rings. The maximum Gasteiger partial charge on any atom is 0.269 e. The van der Waals surface area contributed by atoms with Crippen LogP contribution in [0.2, 0.25) is 0 Å². The minimum Gasteiger partial charge on any atom is -0.352 e. The Hall–Kier alpha value is -3.98. The highest BCUT2D eigenvalue weighted by molar-refractivity contribution is 7.90. The Bertz CT molecular complexity index is 1440. The van der Waals surface area contributed by atoms with Gasteiger partial charge >= 0.3 is 0 Å². The molecule has 210 valence electrons. The quantitative estimate of drug-likeness (QED) is 0.358. The van der Waals surface area contributed by atoms with Crippen LogP contribution in [-0.2, 0) is 32.6 Å². The number of amides is 3. The van der Waals surface area contributed by atoms with Gasteiger partial charge in [0.15, 0.2) is 0 Å². The molecule has 1 aliphatic rings. The van der Waals surface area contributed by atoms with E-state index in [-0.39, 0.29) is 54.2 Å². The van der Waals surface area contributed by atoms with Crippen LogP contribution in [0.3, 0.4) is 0 Å². The lowest BCUT2D eigenvalue weighted by Crippen LogP contribution is -2.52. The van der Waals surface area contributed by atoms with Gasteiger partial charge in [0.2, 0.25) is 11.8 Å². The van der Waals surface area contributed by atoms with Gasteiger partial charge < -0.3 is 10.2 Å². The van der Waals surface area contributed by atoms with Gasteiger partial charge in [-0.3, -0.25) is 14.4 Å². The molecular formula is C31H35N3O5S. The molecule has 0 radical (unpaired) electrons. The molecular weight excluding hydrogens is 526 g/mol. The first-order valence-corrected chi connectivity index (χ1v) is 15.0. The summed E-state index contributed by atoms with van der Waals surface area (Å²) >= 11 is 0. The summed E-state index contributed by atoms with van der Waals surface area (Å²) in [4.78, 5) is 41.7. The Labute approximate surface area is 236 Å². The zero-order valence-electron chi connectivity index (χ0n) is 22.8. The molecule has 8 nitrogen and oxygen atoms in total. The molecule has 40 heavy (non-hydrogen) atoms. The zero-order valence-corrected chi connectivity index (χ0v) is 23.6. The van der Waals surface area contributed by atoms with Crippen LogP contribution in [0.5, 0.6) is 0 Å². The minimum atomic E-state index is -3.95. The van der Waals surface area contributed by atoms with Crippen molar-refractivity contribution in [3.8, 4) is 0 Å². The summed E-state index contributed by atoms with van der Waals surface area (Å²) < 4.78 is 26.7. The Balaban J connectivity index is 1.55. The lowest BCUT2D eigenvalue weighted by atomic mass is 10.0. The van der Waals surface area contributed by atoms with Crippen molar-refractivity contribution in [2.45, 2.75) is 63.1 Å². The summed E-state index contributed by atoms with van der Waals surface area (Å²) in [5.41, 5.74) is 1.94. The number of nitrogens with one attached hydrogen (secondary N) is 1. The van der Waals surface area contributed by atoms with Gasteiger partial charge in [0.05, 0.1) is 5.56 Å². The van der Waals surface area contributed by atoms with Crippen molar-refractivity contribution < 1.29 is 22.8 Å². The van der Waals surface area contributed by atoms with Crippen molar-refractivity contribution in [1.82, 2.24) is 14.5 Å². The van der Waals surface area contributed by atoms with Crippen LogP contribution in [-0.4, -0.2) is 54.0 Å². The molecule has 2 unspecified atom stereocenters. The summed E-state index contributed by atoms with van der Waals surface area (Å²) in [6.45, 7) is 4.00. The van der Waals surface area contributed by atoms with Gasteiger partial charge in [-0.25, -0.2) is 12.7 Å². The number of benzene rings is 3. The molecule has 0 saturated heterocycles. The van der Waals surface area contributed by atoms with E-state index in [0.717, 1.165) is 21.9 Å². The van der Waals surface area contributed by atoms with Crippen molar-refractivity contribution in [2.75, 3.05) is 6.54 Å². The maximum atomic E-state index is 13.8. The SMILES string of the molecule is CCC(C)NC(=O)C(Cc1ccccc1)N(Cc1ccccc1)C(=O)CCCN1C(=O)c2ccccc2S1(=O)=O. The average Bonchev–Trinajstić information content (AvgIpc) is 3.16. The number of nitrogens with zero attached hydrogens (tertiary/aromatic N) is 2. The lowest BCUT2D eigenvalue weighted by molar-refractivity contribution is -0.141. The molecule has 2 atom stereocenters. The van der Waals surface area contributed by atoms with Crippen LogP contribution in [0, 0.1) is 0 Å². The van der Waals surface area contributed by atoms with Crippen molar-refractivity contribution in [3.63, 3.8) is 0 Å². The van der Waals surface area contributed by atoms with E-state index >= 15 is 0 Å². The fourth-order valence-electron chi connectivity index (χ4n) is 4.74. The molecule has 1 aliphatic heterocycles. The molecule has 0 bridgehead atoms. The standard InChI is InChI=1S/C31H35N3O5S/c1-3-23(2)32-30(36)27(21-24-13-6-4-7-14-24)33(22-25-15-8-5-9-16-25)29(35)19-12-20-34-31(37)26-17-10-11-18-28(26)40(34,38)39/h4-11,13-18,23,27H,3,12,19-22H2,1-2H3,(H,32,36). The van der Waals surface area contributed by atoms with E-state index in [1.165, 1.54) is 12.1 Å². The van der Waals surface area contributed by atoms with Crippen molar-refractivity contribution in [2.24, 2.45) is 0 Å². The number of rotatable bonds is 12. The highest BCUT2D eigenvalue weighted by Gasteiger charge is 2.40. The van der Waals surface area contributed by atoms with E-state index < -0.39 is 22.0 Å². The van der Waals surface area contributed by atoms with Crippen LogP contribution in [0.4, 0.5) is 0 Å². The number of hydrogen-bond donors (Lipinski definition) is 1. The molecule has 1 heterocycles. The van der Waals surface area contributed by atoms with Crippen LogP contribution in [0.15, 0.2) is 89.8 Å². The fraction of sp³-hybridized carbons (Fsp3) is 0.323. The van der Waals surface area contributed by atoms with E-state index in [1.54, 1.807) is 17.0 Å². The van der Waals surface area contributed by atoms with Gasteiger partial charge in [0.1, 0.15) is 10.9 Å². The monoisotopic (exact) mass is 561 g/mol. The third kappa shape index (κ3) is 6.59. The van der Waals surface area contributed by atoms with Gasteiger partial charge in [-0.1, -0.05) is 79.7 Å². The third-order valence-electron chi connectivity index (χ3n) is 7.13. The highest BCUT2D eigenvalue weighted by atomic mass is 32.2. The lowest BCUT2D eigenvalue weighted by Gasteiger charge is -2.32. The normalized spacial score (nSPS) is 15.2. The average molecular weight is 562 g/mol. The maximum absolute atomic E-state index is 13.8. The van der Waals surface area contributed by atoms with Gasteiger partial charge in [0.25, 0.3) is 15.9 Å². The second-order valence-electron chi connectivity index (χ2n) is 10.0. The predicted molar refractivity (Wildman–Crippen MR) is 153 cm³/mol. The van der Waals surface area contributed by atoms with Crippen LogP contribution in [0.25, 0.3) is 0 Å². The molecule has 1 N–H and O–H groups in total. The first-order chi connectivity index (χ1) is 19.2. The number of fused-ring (bicyclic) bond motifs is 1. The summed E-state index contributed by atoms with van der Waals surface area (Å²) in [6, 6.07) is 24.3. The molecule has 3 aromatic carbocycles. The number of carbonyl (C=O) groups is 3. The topological polar surface area (TPSA) is 104 Å².